The summed E-state index contributed by atoms with van der Waals surface area (Å²) in [6.45, 7) is 5.58. The molecule has 0 fully saturated rings. The Kier molecular flexibility index (Phi) is 4.83. The van der Waals surface area contributed by atoms with E-state index in [-0.39, 0.29) is 5.78 Å². The third-order valence-corrected chi connectivity index (χ3v) is 4.29. The van der Waals surface area contributed by atoms with Crippen LogP contribution in [0.2, 0.25) is 0 Å². The number of ether oxygens (including phenoxy) is 1. The van der Waals surface area contributed by atoms with Crippen molar-refractivity contribution in [1.29, 1.82) is 0 Å². The number of carbonyl (C=O) groups is 1. The monoisotopic (exact) mass is 352 g/mol. The molecular weight excluding hydrogens is 328 g/mol. The van der Waals surface area contributed by atoms with Gasteiger partial charge in [-0.2, -0.15) is 5.10 Å². The Labute approximate surface area is 153 Å². The topological polar surface area (TPSA) is 64.4 Å². The molecule has 0 aliphatic heterocycles. The number of hydrogen-bond acceptors (Lipinski definition) is 4. The van der Waals surface area contributed by atoms with Gasteiger partial charge in [0.05, 0.1) is 24.8 Å². The summed E-state index contributed by atoms with van der Waals surface area (Å²) in [5, 5.41) is 15.5. The smallest absolute Gasteiger partial charge is 0.183 e. The number of benzene rings is 2. The number of nitrogens with zero attached hydrogens (tertiary/aromatic N) is 2. The fraction of sp³-hybridized carbons (Fsp3) is 0.333. The molecule has 1 N–H and O–H groups in total. The molecule has 0 bridgehead atoms. The molecule has 0 unspecified atom stereocenters. The fourth-order valence-electron chi connectivity index (χ4n) is 3.09. The first-order chi connectivity index (χ1) is 12.3. The Morgan fingerprint density at radius 1 is 1.23 bits per heavy atom. The van der Waals surface area contributed by atoms with E-state index in [9.17, 15) is 9.90 Å². The SMILES string of the molecule is CCC(=O)c1nn(CC(C)(C)O)c2cc(-c3ccccc3OC)ccc12. The number of carbonyl (C=O) groups excluding carboxylic acids is 1. The maximum absolute atomic E-state index is 12.3. The Hall–Kier alpha value is -2.66. The van der Waals surface area contributed by atoms with Gasteiger partial charge in [-0.3, -0.25) is 9.48 Å². The van der Waals surface area contributed by atoms with E-state index in [1.165, 1.54) is 0 Å². The number of hydrogen-bond donors (Lipinski definition) is 1. The molecule has 0 saturated carbocycles. The van der Waals surface area contributed by atoms with Gasteiger partial charge in [0, 0.05) is 17.4 Å². The number of fused-ring (bicyclic) bond motifs is 1. The van der Waals surface area contributed by atoms with Crippen LogP contribution in [0.3, 0.4) is 0 Å². The van der Waals surface area contributed by atoms with E-state index in [1.807, 2.05) is 49.4 Å². The molecule has 136 valence electrons. The van der Waals surface area contributed by atoms with E-state index >= 15 is 0 Å². The van der Waals surface area contributed by atoms with E-state index in [4.69, 9.17) is 4.74 Å². The molecule has 0 atom stereocenters. The quantitative estimate of drug-likeness (QED) is 0.679. The molecule has 2 aromatic carbocycles. The Morgan fingerprint density at radius 2 is 1.96 bits per heavy atom. The number of ketones is 1. The minimum atomic E-state index is -0.939. The lowest BCUT2D eigenvalue weighted by atomic mass is 10.0. The lowest BCUT2D eigenvalue weighted by Gasteiger charge is -2.17. The normalized spacial score (nSPS) is 11.7. The maximum Gasteiger partial charge on any atom is 0.183 e. The second-order valence-electron chi connectivity index (χ2n) is 7.03. The summed E-state index contributed by atoms with van der Waals surface area (Å²) >= 11 is 0. The minimum Gasteiger partial charge on any atom is -0.496 e. The second-order valence-corrected chi connectivity index (χ2v) is 7.03. The van der Waals surface area contributed by atoms with Crippen LogP contribution in [-0.4, -0.2) is 33.4 Å². The standard InChI is InChI=1S/C21H24N2O3/c1-5-18(24)20-16-11-10-14(15-8-6-7-9-19(15)26-4)12-17(16)23(22-20)13-21(2,3)25/h6-12,25H,5,13H2,1-4H3. The number of Topliss-reactive ketones (excluding diaryl/α,β-unsaturated/α-hetero) is 1. The Balaban J connectivity index is 2.21. The van der Waals surface area contributed by atoms with Gasteiger partial charge in [0.25, 0.3) is 0 Å². The summed E-state index contributed by atoms with van der Waals surface area (Å²) in [4.78, 5) is 12.3. The van der Waals surface area contributed by atoms with Crippen LogP contribution >= 0.6 is 0 Å². The van der Waals surface area contributed by atoms with Crippen molar-refractivity contribution >= 4 is 16.7 Å². The van der Waals surface area contributed by atoms with Crippen molar-refractivity contribution in [3.05, 3.63) is 48.2 Å². The van der Waals surface area contributed by atoms with Gasteiger partial charge in [0.2, 0.25) is 0 Å². The number of rotatable bonds is 6. The Morgan fingerprint density at radius 3 is 2.62 bits per heavy atom. The van der Waals surface area contributed by atoms with Crippen LogP contribution in [0.5, 0.6) is 5.75 Å². The molecule has 0 spiro atoms. The van der Waals surface area contributed by atoms with Gasteiger partial charge in [-0.25, -0.2) is 0 Å². The third-order valence-electron chi connectivity index (χ3n) is 4.29. The molecular formula is C21H24N2O3. The predicted molar refractivity (Wildman–Crippen MR) is 103 cm³/mol. The summed E-state index contributed by atoms with van der Waals surface area (Å²) in [6, 6.07) is 13.7. The molecule has 0 aliphatic carbocycles. The summed E-state index contributed by atoms with van der Waals surface area (Å²) in [5.74, 6) is 0.778. The van der Waals surface area contributed by atoms with E-state index in [1.54, 1.807) is 25.6 Å². The first-order valence-electron chi connectivity index (χ1n) is 8.73. The van der Waals surface area contributed by atoms with E-state index in [0.29, 0.717) is 18.7 Å². The molecule has 5 nitrogen and oxygen atoms in total. The molecule has 0 amide bonds. The van der Waals surface area contributed by atoms with Crippen molar-refractivity contribution in [1.82, 2.24) is 9.78 Å². The van der Waals surface area contributed by atoms with Crippen LogP contribution in [0.15, 0.2) is 42.5 Å². The molecule has 0 aliphatic rings. The number of aliphatic hydroxyl groups is 1. The molecule has 5 heteroatoms. The van der Waals surface area contributed by atoms with E-state index in [2.05, 4.69) is 5.10 Å². The first-order valence-corrected chi connectivity index (χ1v) is 8.73. The van der Waals surface area contributed by atoms with Crippen molar-refractivity contribution in [2.24, 2.45) is 0 Å². The molecule has 1 aromatic heterocycles. The highest BCUT2D eigenvalue weighted by Gasteiger charge is 2.21. The zero-order chi connectivity index (χ0) is 18.9. The first kappa shape index (κ1) is 18.1. The summed E-state index contributed by atoms with van der Waals surface area (Å²) in [5.41, 5.74) is 2.29. The van der Waals surface area contributed by atoms with Crippen LogP contribution in [0.25, 0.3) is 22.0 Å². The van der Waals surface area contributed by atoms with E-state index in [0.717, 1.165) is 27.8 Å². The number of aromatic nitrogens is 2. The zero-order valence-electron chi connectivity index (χ0n) is 15.6. The molecule has 3 aromatic rings. The van der Waals surface area contributed by atoms with Gasteiger partial charge in [0.15, 0.2) is 5.78 Å². The molecule has 26 heavy (non-hydrogen) atoms. The van der Waals surface area contributed by atoms with Crippen LogP contribution in [0, 0.1) is 0 Å². The van der Waals surface area contributed by atoms with Gasteiger partial charge >= 0.3 is 0 Å². The minimum absolute atomic E-state index is 0.00506. The molecule has 0 radical (unpaired) electrons. The van der Waals surface area contributed by atoms with Gasteiger partial charge in [-0.05, 0) is 37.6 Å². The van der Waals surface area contributed by atoms with Gasteiger partial charge < -0.3 is 9.84 Å². The van der Waals surface area contributed by atoms with Crippen molar-refractivity contribution in [2.75, 3.05) is 7.11 Å². The largest absolute Gasteiger partial charge is 0.496 e. The highest BCUT2D eigenvalue weighted by molar-refractivity contribution is 6.06. The van der Waals surface area contributed by atoms with Crippen molar-refractivity contribution in [2.45, 2.75) is 39.3 Å². The lowest BCUT2D eigenvalue weighted by Crippen LogP contribution is -2.26. The highest BCUT2D eigenvalue weighted by atomic mass is 16.5. The van der Waals surface area contributed by atoms with Crippen molar-refractivity contribution in [3.63, 3.8) is 0 Å². The Bertz CT molecular complexity index is 952. The van der Waals surface area contributed by atoms with Crippen LogP contribution in [0.1, 0.15) is 37.7 Å². The predicted octanol–water partition coefficient (Wildman–Crippen LogP) is 4.08. The summed E-state index contributed by atoms with van der Waals surface area (Å²) in [6.07, 6.45) is 0.392. The van der Waals surface area contributed by atoms with Crippen molar-refractivity contribution in [3.8, 4) is 16.9 Å². The van der Waals surface area contributed by atoms with Gasteiger partial charge in [-0.15, -0.1) is 0 Å². The summed E-state index contributed by atoms with van der Waals surface area (Å²) < 4.78 is 7.19. The van der Waals surface area contributed by atoms with Crippen molar-refractivity contribution < 1.29 is 14.6 Å². The maximum atomic E-state index is 12.3. The second kappa shape index (κ2) is 6.92. The lowest BCUT2D eigenvalue weighted by molar-refractivity contribution is 0.0588. The van der Waals surface area contributed by atoms with Crippen LogP contribution in [0.4, 0.5) is 0 Å². The molecule has 3 rings (SSSR count). The van der Waals surface area contributed by atoms with Crippen LogP contribution < -0.4 is 4.74 Å². The average Bonchev–Trinajstić information content (AvgIpc) is 2.97. The van der Waals surface area contributed by atoms with E-state index < -0.39 is 5.60 Å². The van der Waals surface area contributed by atoms with Gasteiger partial charge in [0.1, 0.15) is 11.4 Å². The third kappa shape index (κ3) is 3.48. The summed E-state index contributed by atoms with van der Waals surface area (Å²) in [7, 11) is 1.65. The average molecular weight is 352 g/mol. The number of methoxy groups -OCH3 is 1. The zero-order valence-corrected chi connectivity index (χ0v) is 15.6. The number of para-hydroxylation sites is 1. The fourth-order valence-corrected chi connectivity index (χ4v) is 3.09. The highest BCUT2D eigenvalue weighted by Crippen LogP contribution is 2.33. The van der Waals surface area contributed by atoms with Gasteiger partial charge in [-0.1, -0.05) is 31.2 Å². The van der Waals surface area contributed by atoms with Crippen LogP contribution in [-0.2, 0) is 6.54 Å². The molecule has 0 saturated heterocycles. The molecule has 1 heterocycles.